The van der Waals surface area contributed by atoms with Gasteiger partial charge >= 0.3 is 0 Å². The number of ketones is 1. The van der Waals surface area contributed by atoms with Crippen molar-refractivity contribution in [3.8, 4) is 0 Å². The van der Waals surface area contributed by atoms with E-state index in [9.17, 15) is 19.7 Å². The molecule has 0 heterocycles. The SMILES string of the molecule is CC1=C(Cl)C(=O)C(Cl)(C(C)C)C(Cl)C1=NC(=O)c1ccc([N+](=O)[O-])cc1. The lowest BCUT2D eigenvalue weighted by atomic mass is 9.79. The summed E-state index contributed by atoms with van der Waals surface area (Å²) >= 11 is 19.0. The van der Waals surface area contributed by atoms with Crippen LogP contribution in [0.2, 0.25) is 0 Å². The van der Waals surface area contributed by atoms with E-state index < -0.39 is 26.9 Å². The minimum Gasteiger partial charge on any atom is -0.291 e. The summed E-state index contributed by atoms with van der Waals surface area (Å²) in [4.78, 5) is 37.6. The number of benzene rings is 1. The summed E-state index contributed by atoms with van der Waals surface area (Å²) in [6.07, 6.45) is 0. The lowest BCUT2D eigenvalue weighted by Crippen LogP contribution is -2.53. The van der Waals surface area contributed by atoms with Crippen LogP contribution in [0.15, 0.2) is 39.9 Å². The molecule has 0 aliphatic heterocycles. The molecule has 2 atom stereocenters. The van der Waals surface area contributed by atoms with Gasteiger partial charge in [0.15, 0.2) is 5.78 Å². The van der Waals surface area contributed by atoms with E-state index in [1.54, 1.807) is 13.8 Å². The smallest absolute Gasteiger partial charge is 0.277 e. The molecule has 9 heteroatoms. The largest absolute Gasteiger partial charge is 0.291 e. The number of rotatable bonds is 3. The number of nitro groups is 1. The van der Waals surface area contributed by atoms with Crippen molar-refractivity contribution in [1.82, 2.24) is 0 Å². The average molecular weight is 418 g/mol. The maximum atomic E-state index is 12.5. The topological polar surface area (TPSA) is 89.6 Å². The van der Waals surface area contributed by atoms with E-state index in [4.69, 9.17) is 34.8 Å². The van der Waals surface area contributed by atoms with E-state index in [-0.39, 0.29) is 33.5 Å². The fourth-order valence-electron chi connectivity index (χ4n) is 2.55. The summed E-state index contributed by atoms with van der Waals surface area (Å²) in [6, 6.07) is 4.98. The zero-order chi connectivity index (χ0) is 19.8. The van der Waals surface area contributed by atoms with Crippen LogP contribution in [0.3, 0.4) is 0 Å². The number of Topliss-reactive ketones (excluding diaryl/α,β-unsaturated/α-hetero) is 1. The van der Waals surface area contributed by atoms with Gasteiger partial charge in [-0.2, -0.15) is 0 Å². The van der Waals surface area contributed by atoms with Crippen molar-refractivity contribution in [1.29, 1.82) is 0 Å². The molecule has 0 aromatic heterocycles. The van der Waals surface area contributed by atoms with E-state index in [1.807, 2.05) is 0 Å². The molecule has 0 fully saturated rings. The molecule has 1 amide bonds. The summed E-state index contributed by atoms with van der Waals surface area (Å²) in [6.45, 7) is 4.98. The zero-order valence-corrected chi connectivity index (χ0v) is 16.4. The van der Waals surface area contributed by atoms with E-state index in [1.165, 1.54) is 31.2 Å². The normalized spacial score (nSPS) is 25.1. The van der Waals surface area contributed by atoms with Crippen LogP contribution in [0, 0.1) is 16.0 Å². The highest BCUT2D eigenvalue weighted by Crippen LogP contribution is 2.43. The standard InChI is InChI=1S/C17H15Cl3N2O4/c1-8(2)17(20)14(19)13(9(3)12(18)15(17)23)21-16(24)10-4-6-11(7-5-10)22(25)26/h4-8,14H,1-3H3. The second kappa shape index (κ2) is 7.47. The van der Waals surface area contributed by atoms with Gasteiger partial charge in [-0.15, -0.1) is 23.2 Å². The van der Waals surface area contributed by atoms with E-state index >= 15 is 0 Å². The van der Waals surface area contributed by atoms with Gasteiger partial charge in [-0.1, -0.05) is 25.4 Å². The van der Waals surface area contributed by atoms with Crippen LogP contribution in [0.5, 0.6) is 0 Å². The van der Waals surface area contributed by atoms with Gasteiger partial charge in [-0.05, 0) is 30.5 Å². The predicted molar refractivity (Wildman–Crippen MR) is 101 cm³/mol. The van der Waals surface area contributed by atoms with Gasteiger partial charge in [0.2, 0.25) is 0 Å². The number of aliphatic imine (C=N–C) groups is 1. The van der Waals surface area contributed by atoms with Crippen LogP contribution in [0.1, 0.15) is 31.1 Å². The van der Waals surface area contributed by atoms with Gasteiger partial charge in [-0.25, -0.2) is 4.99 Å². The molecule has 1 aliphatic carbocycles. The summed E-state index contributed by atoms with van der Waals surface area (Å²) in [5, 5.41) is 9.53. The molecule has 1 aromatic carbocycles. The summed E-state index contributed by atoms with van der Waals surface area (Å²) in [7, 11) is 0. The summed E-state index contributed by atoms with van der Waals surface area (Å²) < 4.78 is 0. The Morgan fingerprint density at radius 1 is 1.31 bits per heavy atom. The Morgan fingerprint density at radius 2 is 1.85 bits per heavy atom. The van der Waals surface area contributed by atoms with Gasteiger partial charge in [0.25, 0.3) is 11.6 Å². The molecule has 26 heavy (non-hydrogen) atoms. The number of carbonyl (C=O) groups is 2. The Hall–Kier alpha value is -1.76. The van der Waals surface area contributed by atoms with Crippen molar-refractivity contribution in [3.63, 3.8) is 0 Å². The number of nitrogens with zero attached hydrogens (tertiary/aromatic N) is 2. The van der Waals surface area contributed by atoms with Crippen molar-refractivity contribution in [2.45, 2.75) is 31.0 Å². The molecule has 0 saturated heterocycles. The molecule has 0 N–H and O–H groups in total. The Morgan fingerprint density at radius 3 is 2.31 bits per heavy atom. The maximum absolute atomic E-state index is 12.5. The number of carbonyl (C=O) groups excluding carboxylic acids is 2. The molecule has 0 radical (unpaired) electrons. The third kappa shape index (κ3) is 3.41. The van der Waals surface area contributed by atoms with E-state index in [2.05, 4.69) is 4.99 Å². The first-order valence-electron chi connectivity index (χ1n) is 7.63. The lowest BCUT2D eigenvalue weighted by Gasteiger charge is -2.38. The number of nitro benzene ring substituents is 1. The maximum Gasteiger partial charge on any atom is 0.277 e. The highest BCUT2D eigenvalue weighted by atomic mass is 35.5. The summed E-state index contributed by atoms with van der Waals surface area (Å²) in [5.74, 6) is -1.53. The number of non-ortho nitro benzene ring substituents is 1. The number of halogens is 3. The van der Waals surface area contributed by atoms with E-state index in [0.29, 0.717) is 0 Å². The fraction of sp³-hybridized carbons (Fsp3) is 0.353. The Bertz CT molecular complexity index is 846. The van der Waals surface area contributed by atoms with Crippen LogP contribution in [0.4, 0.5) is 5.69 Å². The second-order valence-electron chi connectivity index (χ2n) is 6.16. The van der Waals surface area contributed by atoms with Crippen molar-refractivity contribution in [3.05, 3.63) is 50.5 Å². The van der Waals surface area contributed by atoms with Crippen molar-refractivity contribution in [2.24, 2.45) is 10.9 Å². The highest BCUT2D eigenvalue weighted by molar-refractivity contribution is 6.59. The van der Waals surface area contributed by atoms with Crippen LogP contribution in [-0.4, -0.2) is 32.6 Å². The first-order valence-corrected chi connectivity index (χ1v) is 8.82. The molecule has 1 aromatic rings. The molecule has 2 unspecified atom stereocenters. The van der Waals surface area contributed by atoms with E-state index in [0.717, 1.165) is 0 Å². The van der Waals surface area contributed by atoms with Crippen LogP contribution < -0.4 is 0 Å². The predicted octanol–water partition coefficient (Wildman–Crippen LogP) is 4.51. The first-order chi connectivity index (χ1) is 12.0. The molecule has 1 aliphatic rings. The molecule has 0 spiro atoms. The third-order valence-corrected chi connectivity index (χ3v) is 6.20. The van der Waals surface area contributed by atoms with Crippen LogP contribution in [-0.2, 0) is 4.79 Å². The minimum atomic E-state index is -1.52. The summed E-state index contributed by atoms with van der Waals surface area (Å²) in [5.41, 5.74) is 0.385. The van der Waals surface area contributed by atoms with Gasteiger partial charge in [-0.3, -0.25) is 19.7 Å². The Labute approximate surface area is 165 Å². The second-order valence-corrected chi connectivity index (χ2v) is 7.60. The number of allylic oxidation sites excluding steroid dienone is 2. The third-order valence-electron chi connectivity index (χ3n) is 4.26. The zero-order valence-electron chi connectivity index (χ0n) is 14.1. The monoisotopic (exact) mass is 416 g/mol. The van der Waals surface area contributed by atoms with Gasteiger partial charge < -0.3 is 0 Å². The number of hydrogen-bond acceptors (Lipinski definition) is 4. The number of hydrogen-bond donors (Lipinski definition) is 0. The lowest BCUT2D eigenvalue weighted by molar-refractivity contribution is -0.384. The molecular formula is C17H15Cl3N2O4. The molecule has 6 nitrogen and oxygen atoms in total. The van der Waals surface area contributed by atoms with Gasteiger partial charge in [0.05, 0.1) is 15.7 Å². The molecule has 0 bridgehead atoms. The van der Waals surface area contributed by atoms with Crippen molar-refractivity contribution in [2.75, 3.05) is 0 Å². The Kier molecular flexibility index (Phi) is 5.90. The molecule has 0 saturated carbocycles. The molecule has 138 valence electrons. The molecular weight excluding hydrogens is 403 g/mol. The van der Waals surface area contributed by atoms with Crippen molar-refractivity contribution < 1.29 is 14.5 Å². The quantitative estimate of drug-likeness (QED) is 0.411. The van der Waals surface area contributed by atoms with Gasteiger partial charge in [0.1, 0.15) is 10.3 Å². The number of alkyl halides is 2. The van der Waals surface area contributed by atoms with Gasteiger partial charge in [0, 0.05) is 17.7 Å². The minimum absolute atomic E-state index is 0.110. The Balaban J connectivity index is 2.49. The fourth-order valence-corrected chi connectivity index (χ4v) is 3.61. The van der Waals surface area contributed by atoms with Crippen molar-refractivity contribution >= 4 is 57.9 Å². The first kappa shape index (κ1) is 20.6. The van der Waals surface area contributed by atoms with Crippen LogP contribution >= 0.6 is 34.8 Å². The average Bonchev–Trinajstić information content (AvgIpc) is 2.61. The number of amides is 1. The van der Waals surface area contributed by atoms with Crippen LogP contribution in [0.25, 0.3) is 0 Å². The molecule has 2 rings (SSSR count). The highest BCUT2D eigenvalue weighted by Gasteiger charge is 2.53.